The van der Waals surface area contributed by atoms with Crippen molar-refractivity contribution in [2.24, 2.45) is 5.92 Å². The van der Waals surface area contributed by atoms with Gasteiger partial charge in [-0.3, -0.25) is 0 Å². The van der Waals surface area contributed by atoms with Crippen molar-refractivity contribution in [3.8, 4) is 17.2 Å². The first-order chi connectivity index (χ1) is 10.5. The molecule has 2 aliphatic carbocycles. The van der Waals surface area contributed by atoms with Crippen LogP contribution in [0.2, 0.25) is 0 Å². The fraction of sp³-hybridized carbons (Fsp3) is 0.647. The summed E-state index contributed by atoms with van der Waals surface area (Å²) < 4.78 is 6.08. The Bertz CT molecular complexity index is 675. The molecule has 5 rings (SSSR count). The molecule has 5 heteroatoms. The zero-order chi connectivity index (χ0) is 15.2. The third kappa shape index (κ3) is 1.25. The molecule has 5 nitrogen and oxygen atoms in total. The van der Waals surface area contributed by atoms with Gasteiger partial charge in [0.2, 0.25) is 0 Å². The average molecular weight is 303 g/mol. The Morgan fingerprint density at radius 3 is 2.91 bits per heavy atom. The number of likely N-dealkylation sites (tertiary alicyclic amines) is 1. The number of aromatic hydroxyl groups is 2. The lowest BCUT2D eigenvalue weighted by Gasteiger charge is -2.58. The standard InChI is InChI=1S/C17H21NO4/c1-18-5-4-17-9-2-3-11(19)16(17)22-15-13(21)7-12(20)8(14(15)17)6-10(9)18/h7,9-11,16,19-21H,2-6H2,1H3/t9-,10+,11-,16-,17-/m0/s1. The molecular weight excluding hydrogens is 282 g/mol. The molecule has 3 N–H and O–H groups in total. The number of hydrogen-bond acceptors (Lipinski definition) is 5. The molecule has 2 bridgehead atoms. The average Bonchev–Trinajstić information content (AvgIpc) is 2.83. The molecule has 1 aromatic rings. The molecule has 1 spiro atoms. The van der Waals surface area contributed by atoms with Crippen molar-refractivity contribution in [2.75, 3.05) is 13.6 Å². The zero-order valence-electron chi connectivity index (χ0n) is 12.6. The maximum absolute atomic E-state index is 10.5. The van der Waals surface area contributed by atoms with E-state index in [0.29, 0.717) is 17.7 Å². The second-order valence-corrected chi connectivity index (χ2v) is 7.43. The summed E-state index contributed by atoms with van der Waals surface area (Å²) in [7, 11) is 2.15. The van der Waals surface area contributed by atoms with Crippen LogP contribution in [0.3, 0.4) is 0 Å². The van der Waals surface area contributed by atoms with Gasteiger partial charge < -0.3 is 25.0 Å². The summed E-state index contributed by atoms with van der Waals surface area (Å²) in [5.74, 6) is 1.10. The quantitative estimate of drug-likeness (QED) is 0.670. The van der Waals surface area contributed by atoms with Gasteiger partial charge in [0, 0.05) is 28.7 Å². The topological polar surface area (TPSA) is 73.2 Å². The molecule has 22 heavy (non-hydrogen) atoms. The number of ether oxygens (including phenoxy) is 1. The molecule has 2 heterocycles. The first kappa shape index (κ1) is 13.0. The van der Waals surface area contributed by atoms with Crippen molar-refractivity contribution in [3.05, 3.63) is 17.2 Å². The van der Waals surface area contributed by atoms with Crippen molar-refractivity contribution in [1.82, 2.24) is 4.90 Å². The Kier molecular flexibility index (Phi) is 2.30. The van der Waals surface area contributed by atoms with Gasteiger partial charge in [-0.1, -0.05) is 0 Å². The number of phenols is 2. The van der Waals surface area contributed by atoms with E-state index in [1.165, 1.54) is 6.07 Å². The maximum atomic E-state index is 10.5. The van der Waals surface area contributed by atoms with Crippen LogP contribution in [0.1, 0.15) is 30.4 Å². The lowest BCUT2D eigenvalue weighted by atomic mass is 9.51. The predicted octanol–water partition coefficient (Wildman–Crippen LogP) is 1.13. The molecule has 1 saturated heterocycles. The Balaban J connectivity index is 1.84. The highest BCUT2D eigenvalue weighted by Crippen LogP contribution is 2.64. The fourth-order valence-electron chi connectivity index (χ4n) is 5.78. The zero-order valence-corrected chi connectivity index (χ0v) is 12.6. The first-order valence-electron chi connectivity index (χ1n) is 8.17. The smallest absolute Gasteiger partial charge is 0.165 e. The lowest BCUT2D eigenvalue weighted by Crippen LogP contribution is -2.66. The predicted molar refractivity (Wildman–Crippen MR) is 79.3 cm³/mol. The SMILES string of the molecule is CN1CC[C@]23c4c5c(O)cc(O)c4O[C@H]2[C@@H](O)CC[C@H]3[C@H]1C5. The monoisotopic (exact) mass is 303 g/mol. The van der Waals surface area contributed by atoms with E-state index >= 15 is 0 Å². The van der Waals surface area contributed by atoms with Gasteiger partial charge in [0.1, 0.15) is 11.9 Å². The van der Waals surface area contributed by atoms with E-state index in [4.69, 9.17) is 4.74 Å². The van der Waals surface area contributed by atoms with Crippen molar-refractivity contribution in [2.45, 2.75) is 49.3 Å². The van der Waals surface area contributed by atoms with Crippen molar-refractivity contribution >= 4 is 0 Å². The molecule has 4 aliphatic rings. The molecule has 118 valence electrons. The van der Waals surface area contributed by atoms with Gasteiger partial charge in [0.05, 0.1) is 6.10 Å². The minimum atomic E-state index is -0.500. The summed E-state index contributed by atoms with van der Waals surface area (Å²) in [6.45, 7) is 0.961. The molecule has 0 amide bonds. The molecule has 2 aliphatic heterocycles. The Morgan fingerprint density at radius 1 is 1.27 bits per heavy atom. The number of nitrogens with zero attached hydrogens (tertiary/aromatic N) is 1. The van der Waals surface area contributed by atoms with E-state index in [1.807, 2.05) is 0 Å². The molecular formula is C17H21NO4. The van der Waals surface area contributed by atoms with Crippen LogP contribution in [0.25, 0.3) is 0 Å². The normalized spacial score (nSPS) is 41.9. The van der Waals surface area contributed by atoms with Gasteiger partial charge in [-0.05, 0) is 45.2 Å². The number of rotatable bonds is 0. The van der Waals surface area contributed by atoms with Crippen LogP contribution in [0.4, 0.5) is 0 Å². The highest BCUT2D eigenvalue weighted by atomic mass is 16.5. The summed E-state index contributed by atoms with van der Waals surface area (Å²) in [5, 5.41) is 31.2. The second kappa shape index (κ2) is 3.89. The summed E-state index contributed by atoms with van der Waals surface area (Å²) in [6.07, 6.45) is 2.64. The van der Waals surface area contributed by atoms with E-state index < -0.39 is 6.10 Å². The van der Waals surface area contributed by atoms with Crippen LogP contribution in [0.15, 0.2) is 6.07 Å². The fourth-order valence-corrected chi connectivity index (χ4v) is 5.78. The number of phenolic OH excluding ortho intramolecular Hbond substituents is 2. The van der Waals surface area contributed by atoms with Gasteiger partial charge in [-0.15, -0.1) is 0 Å². The van der Waals surface area contributed by atoms with Crippen molar-refractivity contribution in [1.29, 1.82) is 0 Å². The summed E-state index contributed by atoms with van der Waals surface area (Å²) in [5.41, 5.74) is 1.66. The van der Waals surface area contributed by atoms with E-state index in [0.717, 1.165) is 43.4 Å². The minimum absolute atomic E-state index is 0.00310. The first-order valence-corrected chi connectivity index (χ1v) is 8.17. The van der Waals surface area contributed by atoms with E-state index in [-0.39, 0.29) is 23.0 Å². The van der Waals surface area contributed by atoms with E-state index in [9.17, 15) is 15.3 Å². The second-order valence-electron chi connectivity index (χ2n) is 7.43. The summed E-state index contributed by atoms with van der Waals surface area (Å²) in [4.78, 5) is 2.39. The van der Waals surface area contributed by atoms with Crippen LogP contribution in [0.5, 0.6) is 17.2 Å². The third-order valence-corrected chi connectivity index (χ3v) is 6.67. The summed E-state index contributed by atoms with van der Waals surface area (Å²) >= 11 is 0. The number of benzene rings is 1. The van der Waals surface area contributed by atoms with E-state index in [1.54, 1.807) is 0 Å². The Labute approximate surface area is 129 Å². The van der Waals surface area contributed by atoms with Crippen LogP contribution in [-0.2, 0) is 11.8 Å². The molecule has 0 unspecified atom stereocenters. The van der Waals surface area contributed by atoms with Crippen LogP contribution in [0, 0.1) is 5.92 Å². The summed E-state index contributed by atoms with van der Waals surface area (Å²) in [6, 6.07) is 1.77. The third-order valence-electron chi connectivity index (χ3n) is 6.67. The number of aliphatic hydroxyl groups is 1. The van der Waals surface area contributed by atoms with Crippen molar-refractivity contribution in [3.63, 3.8) is 0 Å². The highest BCUT2D eigenvalue weighted by molar-refractivity contribution is 5.64. The van der Waals surface area contributed by atoms with Crippen molar-refractivity contribution < 1.29 is 20.1 Å². The maximum Gasteiger partial charge on any atom is 0.165 e. The largest absolute Gasteiger partial charge is 0.508 e. The van der Waals surface area contributed by atoms with Crippen LogP contribution >= 0.6 is 0 Å². The Morgan fingerprint density at radius 2 is 2.09 bits per heavy atom. The molecule has 1 saturated carbocycles. The van der Waals surface area contributed by atoms with Crippen LogP contribution in [-0.4, -0.2) is 52.1 Å². The molecule has 1 aromatic carbocycles. The molecule has 2 fully saturated rings. The number of likely N-dealkylation sites (N-methyl/N-ethyl adjacent to an activating group) is 1. The molecule has 0 aromatic heterocycles. The minimum Gasteiger partial charge on any atom is -0.508 e. The number of piperidine rings is 1. The van der Waals surface area contributed by atoms with E-state index in [2.05, 4.69) is 11.9 Å². The number of hydrogen-bond donors (Lipinski definition) is 3. The van der Waals surface area contributed by atoms with Gasteiger partial charge in [-0.2, -0.15) is 0 Å². The van der Waals surface area contributed by atoms with Gasteiger partial charge in [0.15, 0.2) is 11.5 Å². The Hall–Kier alpha value is -1.46. The van der Waals surface area contributed by atoms with Gasteiger partial charge in [-0.25, -0.2) is 0 Å². The lowest BCUT2D eigenvalue weighted by molar-refractivity contribution is -0.0994. The molecule has 5 atom stereocenters. The highest BCUT2D eigenvalue weighted by Gasteiger charge is 2.65. The molecule has 0 radical (unpaired) electrons. The van der Waals surface area contributed by atoms with Crippen LogP contribution < -0.4 is 4.74 Å². The van der Waals surface area contributed by atoms with Gasteiger partial charge >= 0.3 is 0 Å². The number of aliphatic hydroxyl groups excluding tert-OH is 1. The van der Waals surface area contributed by atoms with Gasteiger partial charge in [0.25, 0.3) is 0 Å².